The molecule has 1 heterocycles. The fraction of sp³-hybridized carbons (Fsp3) is 0.611. The fourth-order valence-corrected chi connectivity index (χ4v) is 5.52. The number of hydrogen-bond acceptors (Lipinski definition) is 17. The molecule has 1 aromatic carbocycles. The lowest BCUT2D eigenvalue weighted by molar-refractivity contribution is -0.337. The summed E-state index contributed by atoms with van der Waals surface area (Å²) in [6.45, 7) is 6.43. The number of amides is 2. The summed E-state index contributed by atoms with van der Waals surface area (Å²) in [7, 11) is 2.33. The molecule has 0 radical (unpaired) electrons. The number of carbonyl (C=O) groups excluding carboxylic acids is 6. The predicted octanol–water partition coefficient (Wildman–Crippen LogP) is 1.74. The number of nitrogens with one attached hydrogen (secondary N) is 2. The van der Waals surface area contributed by atoms with Gasteiger partial charge in [-0.15, -0.1) is 6.42 Å². The van der Waals surface area contributed by atoms with Crippen LogP contribution in [0.2, 0.25) is 0 Å². The number of hydrogen-bond donors (Lipinski definition) is 2. The monoisotopic (exact) mass is 807 g/mol. The van der Waals surface area contributed by atoms with Gasteiger partial charge in [-0.1, -0.05) is 17.1 Å². The van der Waals surface area contributed by atoms with Crippen molar-refractivity contribution in [2.75, 3.05) is 53.8 Å². The predicted molar refractivity (Wildman–Crippen MR) is 194 cm³/mol. The number of benzene rings is 1. The van der Waals surface area contributed by atoms with Crippen molar-refractivity contribution in [2.45, 2.75) is 89.4 Å². The first kappa shape index (κ1) is 47.5. The molecule has 0 spiro atoms. The molecule has 21 heteroatoms. The molecule has 1 aliphatic heterocycles. The maximum Gasteiger partial charge on any atom is 0.408 e. The van der Waals surface area contributed by atoms with Gasteiger partial charge in [0, 0.05) is 31.2 Å². The maximum absolute atomic E-state index is 14.1. The summed E-state index contributed by atoms with van der Waals surface area (Å²) in [4.78, 5) is 82.5. The fourth-order valence-electron chi connectivity index (χ4n) is 5.52. The molecule has 0 aromatic heterocycles. The van der Waals surface area contributed by atoms with Crippen LogP contribution in [0.1, 0.15) is 51.9 Å². The number of carbonyl (C=O) groups is 6. The molecule has 0 unspecified atom stereocenters. The molecular weight excluding hydrogens is 758 g/mol. The largest absolute Gasteiger partial charge is 0.497 e. The Morgan fingerprint density at radius 2 is 1.63 bits per heavy atom. The van der Waals surface area contributed by atoms with E-state index in [1.54, 1.807) is 26.8 Å². The Labute approximate surface area is 329 Å². The molecule has 7 atom stereocenters. The number of esters is 4. The summed E-state index contributed by atoms with van der Waals surface area (Å²) < 4.78 is 55.8. The van der Waals surface area contributed by atoms with Crippen LogP contribution >= 0.6 is 0 Å². The molecule has 1 saturated heterocycles. The lowest BCUT2D eigenvalue weighted by atomic mass is 9.83. The van der Waals surface area contributed by atoms with Gasteiger partial charge in [0.25, 0.3) is 5.91 Å². The van der Waals surface area contributed by atoms with Gasteiger partial charge >= 0.3 is 35.8 Å². The Morgan fingerprint density at radius 1 is 0.965 bits per heavy atom. The smallest absolute Gasteiger partial charge is 0.408 e. The Hall–Kier alpha value is -5.65. The lowest BCUT2D eigenvalue weighted by Crippen LogP contribution is -2.78. The van der Waals surface area contributed by atoms with Gasteiger partial charge in [0.15, 0.2) is 12.2 Å². The Morgan fingerprint density at radius 3 is 2.21 bits per heavy atom. The summed E-state index contributed by atoms with van der Waals surface area (Å²) >= 11 is 0. The van der Waals surface area contributed by atoms with Gasteiger partial charge in [-0.25, -0.2) is 9.59 Å². The maximum atomic E-state index is 14.1. The summed E-state index contributed by atoms with van der Waals surface area (Å²) in [5.41, 5.74) is 8.08. The first-order valence-electron chi connectivity index (χ1n) is 17.4. The molecule has 1 aliphatic rings. The second-order valence-electron chi connectivity index (χ2n) is 13.0. The summed E-state index contributed by atoms with van der Waals surface area (Å²) in [6, 6.07) is 2.37. The van der Waals surface area contributed by atoms with Crippen molar-refractivity contribution in [1.29, 1.82) is 0 Å². The van der Waals surface area contributed by atoms with Crippen molar-refractivity contribution < 1.29 is 76.1 Å². The average Bonchev–Trinajstić information content (AvgIpc) is 3.13. The number of alkyl carbamates (subject to hydrolysis) is 1. The zero-order valence-corrected chi connectivity index (χ0v) is 33.0. The van der Waals surface area contributed by atoms with Gasteiger partial charge in [-0.2, -0.15) is 0 Å². The van der Waals surface area contributed by atoms with E-state index < -0.39 is 96.9 Å². The third kappa shape index (κ3) is 14.7. The summed E-state index contributed by atoms with van der Waals surface area (Å²) in [6.07, 6.45) is -3.42. The third-order valence-electron chi connectivity index (χ3n) is 7.56. The SMILES string of the molecule is C#CCOCCOCCO[C@@]1(C(=O)OC)O[C@@H]([C@H](OC(C)=O)[C@@H](CN=[N+]=[N-])OC(C)=O)[C@H](NC(=O)OC(C)(C)C)[C@@H](NC(=O)c2cccc(OC)c2)[C@@H]1OC(C)=O. The number of nitrogens with zero attached hydrogens (tertiary/aromatic N) is 3. The van der Waals surface area contributed by atoms with E-state index >= 15 is 0 Å². The molecule has 1 aromatic rings. The van der Waals surface area contributed by atoms with Crippen LogP contribution in [0.4, 0.5) is 4.79 Å². The number of methoxy groups -OCH3 is 2. The minimum atomic E-state index is -2.87. The highest BCUT2D eigenvalue weighted by atomic mass is 16.8. The second kappa shape index (κ2) is 22.8. The number of rotatable bonds is 20. The van der Waals surface area contributed by atoms with E-state index in [1.165, 1.54) is 25.3 Å². The molecule has 0 saturated carbocycles. The van der Waals surface area contributed by atoms with Crippen molar-refractivity contribution in [3.63, 3.8) is 0 Å². The van der Waals surface area contributed by atoms with Gasteiger partial charge in [0.2, 0.25) is 0 Å². The summed E-state index contributed by atoms with van der Waals surface area (Å²) in [5.74, 6) is -5.44. The van der Waals surface area contributed by atoms with E-state index in [9.17, 15) is 34.3 Å². The van der Waals surface area contributed by atoms with Crippen LogP contribution in [0.5, 0.6) is 5.75 Å². The molecule has 57 heavy (non-hydrogen) atoms. The van der Waals surface area contributed by atoms with Gasteiger partial charge in [-0.3, -0.25) is 19.2 Å². The molecule has 0 bridgehead atoms. The quantitative estimate of drug-likeness (QED) is 0.0361. The highest BCUT2D eigenvalue weighted by Crippen LogP contribution is 2.38. The van der Waals surface area contributed by atoms with Crippen molar-refractivity contribution in [3.05, 3.63) is 40.3 Å². The average molecular weight is 808 g/mol. The van der Waals surface area contributed by atoms with Crippen molar-refractivity contribution in [3.8, 4) is 18.1 Å². The van der Waals surface area contributed by atoms with Crippen molar-refractivity contribution >= 4 is 35.9 Å². The van der Waals surface area contributed by atoms with Crippen LogP contribution in [0.15, 0.2) is 29.4 Å². The van der Waals surface area contributed by atoms with Crippen LogP contribution in [-0.2, 0) is 61.8 Å². The van der Waals surface area contributed by atoms with Crippen LogP contribution in [0.3, 0.4) is 0 Å². The third-order valence-corrected chi connectivity index (χ3v) is 7.56. The minimum Gasteiger partial charge on any atom is -0.497 e. The van der Waals surface area contributed by atoms with Gasteiger partial charge in [-0.05, 0) is 44.5 Å². The molecule has 2 rings (SSSR count). The Balaban J connectivity index is 2.99. The van der Waals surface area contributed by atoms with E-state index in [0.717, 1.165) is 27.9 Å². The van der Waals surface area contributed by atoms with Crippen LogP contribution in [0, 0.1) is 12.3 Å². The Bertz CT molecular complexity index is 1650. The first-order valence-corrected chi connectivity index (χ1v) is 17.4. The molecule has 1 fully saturated rings. The highest BCUT2D eigenvalue weighted by Gasteiger charge is 2.66. The van der Waals surface area contributed by atoms with E-state index in [2.05, 4.69) is 26.6 Å². The zero-order valence-electron chi connectivity index (χ0n) is 33.0. The standard InChI is InChI=1S/C36H49N5O16/c1-10-14-50-15-16-51-17-18-52-36(33(46)49-9)31(55-23(4)44)28(39-32(45)24-12-11-13-25(19-24)48-8)27(40-34(47)57-35(5,6)7)30(56-36)29(54-22(3)43)26(20-38-41-37)53-21(2)42/h1,11-13,19,26-31H,14-18,20H2,2-9H3,(H,39,45)(H,40,47)/t26-,27-,28-,29-,30-,31+,36-/m1/s1. The molecular formula is C36H49N5O16. The Kier molecular flexibility index (Phi) is 19.0. The molecule has 314 valence electrons. The first-order chi connectivity index (χ1) is 26.9. The van der Waals surface area contributed by atoms with E-state index in [-0.39, 0.29) is 37.7 Å². The number of terminal acetylenes is 1. The van der Waals surface area contributed by atoms with Gasteiger partial charge in [0.05, 0.1) is 59.3 Å². The summed E-state index contributed by atoms with van der Waals surface area (Å²) in [5, 5.41) is 8.72. The highest BCUT2D eigenvalue weighted by molar-refractivity contribution is 5.95. The normalized spacial score (nSPS) is 21.2. The topological polar surface area (TPSA) is 268 Å². The van der Waals surface area contributed by atoms with Crippen LogP contribution in [0.25, 0.3) is 10.4 Å². The van der Waals surface area contributed by atoms with Gasteiger partial charge in [0.1, 0.15) is 30.2 Å². The molecule has 2 N–H and O–H groups in total. The van der Waals surface area contributed by atoms with Crippen molar-refractivity contribution in [1.82, 2.24) is 10.6 Å². The molecule has 0 aliphatic carbocycles. The van der Waals surface area contributed by atoms with E-state index in [0.29, 0.717) is 0 Å². The van der Waals surface area contributed by atoms with Crippen LogP contribution in [-0.4, -0.2) is 138 Å². The second-order valence-corrected chi connectivity index (χ2v) is 13.0. The van der Waals surface area contributed by atoms with E-state index in [1.807, 2.05) is 0 Å². The molecule has 2 amide bonds. The zero-order chi connectivity index (χ0) is 42.8. The lowest BCUT2D eigenvalue weighted by Gasteiger charge is -2.52. The minimum absolute atomic E-state index is 0.00212. The number of azide groups is 1. The van der Waals surface area contributed by atoms with Crippen LogP contribution < -0.4 is 15.4 Å². The number of ether oxygens (including phenoxy) is 10. The molecule has 21 nitrogen and oxygen atoms in total. The van der Waals surface area contributed by atoms with Crippen molar-refractivity contribution in [2.24, 2.45) is 5.11 Å². The van der Waals surface area contributed by atoms with E-state index in [4.69, 9.17) is 53.8 Å². The van der Waals surface area contributed by atoms with Gasteiger partial charge < -0.3 is 58.0 Å².